The van der Waals surface area contributed by atoms with Crippen LogP contribution in [0.15, 0.2) is 37.2 Å². The molecule has 2 aromatic rings. The van der Waals surface area contributed by atoms with Crippen molar-refractivity contribution in [2.45, 2.75) is 20.8 Å². The smallest absolute Gasteiger partial charge is 0.142 e. The van der Waals surface area contributed by atoms with Crippen molar-refractivity contribution in [3.8, 4) is 10.4 Å². The maximum absolute atomic E-state index is 12.9. The van der Waals surface area contributed by atoms with Gasteiger partial charge in [0.25, 0.3) is 0 Å². The molecule has 0 aromatic carbocycles. The van der Waals surface area contributed by atoms with Gasteiger partial charge in [0.1, 0.15) is 5.82 Å². The summed E-state index contributed by atoms with van der Waals surface area (Å²) in [5.41, 5.74) is 1.84. The molecule has 0 bridgehead atoms. The second kappa shape index (κ2) is 6.30. The molecule has 0 unspecified atom stereocenters. The fourth-order valence-electron chi connectivity index (χ4n) is 1.27. The van der Waals surface area contributed by atoms with Crippen LogP contribution < -0.4 is 0 Å². The van der Waals surface area contributed by atoms with Crippen LogP contribution in [0.2, 0.25) is 0 Å². The monoisotopic (exact) mass is 249 g/mol. The van der Waals surface area contributed by atoms with Crippen LogP contribution in [0.25, 0.3) is 16.0 Å². The van der Waals surface area contributed by atoms with E-state index in [2.05, 4.69) is 11.6 Å². The minimum Gasteiger partial charge on any atom is -0.261 e. The third-order valence-electron chi connectivity index (χ3n) is 2.02. The molecule has 0 aliphatic heterocycles. The average molecular weight is 249 g/mol. The molecule has 3 heteroatoms. The van der Waals surface area contributed by atoms with Crippen molar-refractivity contribution in [2.75, 3.05) is 0 Å². The first kappa shape index (κ1) is 13.6. The number of thiophene rings is 1. The fourth-order valence-corrected chi connectivity index (χ4v) is 2.18. The number of hydrogen-bond acceptors (Lipinski definition) is 2. The minimum atomic E-state index is -0.308. The van der Waals surface area contributed by atoms with Crippen molar-refractivity contribution in [3.63, 3.8) is 0 Å². The van der Waals surface area contributed by atoms with Crippen molar-refractivity contribution >= 4 is 16.9 Å². The van der Waals surface area contributed by atoms with E-state index in [9.17, 15) is 4.39 Å². The van der Waals surface area contributed by atoms with E-state index < -0.39 is 0 Å². The second-order valence-electron chi connectivity index (χ2n) is 3.34. The van der Waals surface area contributed by atoms with Crippen molar-refractivity contribution in [1.82, 2.24) is 4.98 Å². The fraction of sp³-hybridized carbons (Fsp3) is 0.214. The normalized spacial score (nSPS) is 9.41. The Hall–Kier alpha value is -1.48. The summed E-state index contributed by atoms with van der Waals surface area (Å²) in [7, 11) is 0. The predicted octanol–water partition coefficient (Wildman–Crippen LogP) is 5.01. The molecule has 0 N–H and O–H groups in total. The van der Waals surface area contributed by atoms with Crippen molar-refractivity contribution in [1.29, 1.82) is 0 Å². The van der Waals surface area contributed by atoms with E-state index in [1.165, 1.54) is 12.3 Å². The molecule has 0 aliphatic rings. The number of pyridine rings is 1. The Morgan fingerprint density at radius 2 is 2.00 bits per heavy atom. The quantitative estimate of drug-likeness (QED) is 0.729. The van der Waals surface area contributed by atoms with Crippen molar-refractivity contribution in [3.05, 3.63) is 47.9 Å². The highest BCUT2D eigenvalue weighted by Gasteiger charge is 2.04. The van der Waals surface area contributed by atoms with Crippen LogP contribution >= 0.6 is 11.3 Å². The lowest BCUT2D eigenvalue weighted by atomic mass is 10.2. The van der Waals surface area contributed by atoms with E-state index in [4.69, 9.17) is 0 Å². The molecule has 0 aliphatic carbocycles. The van der Waals surface area contributed by atoms with E-state index in [0.717, 1.165) is 20.9 Å². The topological polar surface area (TPSA) is 12.9 Å². The highest BCUT2D eigenvalue weighted by atomic mass is 32.1. The zero-order valence-electron chi connectivity index (χ0n) is 10.3. The lowest BCUT2D eigenvalue weighted by Gasteiger charge is -1.96. The van der Waals surface area contributed by atoms with Gasteiger partial charge in [-0.1, -0.05) is 20.4 Å². The van der Waals surface area contributed by atoms with Gasteiger partial charge in [-0.3, -0.25) is 4.98 Å². The van der Waals surface area contributed by atoms with Gasteiger partial charge in [0.05, 0.1) is 6.20 Å². The van der Waals surface area contributed by atoms with E-state index in [1.54, 1.807) is 17.5 Å². The number of nitrogens with zero attached hydrogens (tertiary/aromatic N) is 1. The minimum absolute atomic E-state index is 0.308. The molecule has 0 saturated carbocycles. The van der Waals surface area contributed by atoms with Gasteiger partial charge in [-0.15, -0.1) is 11.3 Å². The zero-order chi connectivity index (χ0) is 12.8. The van der Waals surface area contributed by atoms with Crippen molar-refractivity contribution in [2.24, 2.45) is 0 Å². The van der Waals surface area contributed by atoms with Gasteiger partial charge in [-0.25, -0.2) is 4.39 Å². The Balaban J connectivity index is 0.000000686. The van der Waals surface area contributed by atoms with Gasteiger partial charge in [0.15, 0.2) is 0 Å². The summed E-state index contributed by atoms with van der Waals surface area (Å²) in [4.78, 5) is 5.96. The third-order valence-corrected chi connectivity index (χ3v) is 3.31. The molecule has 0 amide bonds. The molecule has 0 radical (unpaired) electrons. The summed E-state index contributed by atoms with van der Waals surface area (Å²) in [5.74, 6) is -0.308. The van der Waals surface area contributed by atoms with E-state index in [0.29, 0.717) is 0 Å². The van der Waals surface area contributed by atoms with Gasteiger partial charge >= 0.3 is 0 Å². The van der Waals surface area contributed by atoms with E-state index >= 15 is 0 Å². The van der Waals surface area contributed by atoms with Gasteiger partial charge in [-0.2, -0.15) is 0 Å². The highest BCUT2D eigenvalue weighted by molar-refractivity contribution is 7.16. The van der Waals surface area contributed by atoms with Crippen LogP contribution in [0.1, 0.15) is 25.6 Å². The van der Waals surface area contributed by atoms with Crippen LogP contribution in [0.4, 0.5) is 4.39 Å². The molecule has 1 nitrogen and oxygen atoms in total. The molecule has 0 atom stereocenters. The molecule has 0 fully saturated rings. The standard InChI is InChI=1S/C12H10FNS.C2H6/c1-8(2)11-3-4-12(15-11)9-5-10(13)7-14-6-9;1-2/h3-7H,1H2,2H3;1-2H3. The summed E-state index contributed by atoms with van der Waals surface area (Å²) in [6.45, 7) is 9.83. The zero-order valence-corrected chi connectivity index (χ0v) is 11.1. The first-order valence-corrected chi connectivity index (χ1v) is 6.35. The van der Waals surface area contributed by atoms with Gasteiger partial charge in [0, 0.05) is 21.5 Å². The SMILES string of the molecule is C=C(C)c1ccc(-c2cncc(F)c2)s1.CC. The molecular formula is C14H16FNS. The summed E-state index contributed by atoms with van der Waals surface area (Å²) >= 11 is 1.60. The molecule has 17 heavy (non-hydrogen) atoms. The number of allylic oxidation sites excluding steroid dienone is 1. The molecule has 90 valence electrons. The van der Waals surface area contributed by atoms with Gasteiger partial charge < -0.3 is 0 Å². The van der Waals surface area contributed by atoms with Crippen LogP contribution in [0.3, 0.4) is 0 Å². The van der Waals surface area contributed by atoms with Crippen LogP contribution in [-0.2, 0) is 0 Å². The summed E-state index contributed by atoms with van der Waals surface area (Å²) in [5, 5.41) is 0. The maximum Gasteiger partial charge on any atom is 0.142 e. The van der Waals surface area contributed by atoms with Crippen molar-refractivity contribution < 1.29 is 4.39 Å². The lowest BCUT2D eigenvalue weighted by molar-refractivity contribution is 0.622. The largest absolute Gasteiger partial charge is 0.261 e. The Kier molecular flexibility index (Phi) is 5.04. The first-order valence-electron chi connectivity index (χ1n) is 5.53. The second-order valence-corrected chi connectivity index (χ2v) is 4.42. The Morgan fingerprint density at radius 3 is 2.53 bits per heavy atom. The Morgan fingerprint density at radius 1 is 1.29 bits per heavy atom. The Labute approximate surface area is 106 Å². The van der Waals surface area contributed by atoms with Gasteiger partial charge in [-0.05, 0) is 30.7 Å². The molecule has 2 aromatic heterocycles. The van der Waals surface area contributed by atoms with Crippen LogP contribution in [-0.4, -0.2) is 4.98 Å². The van der Waals surface area contributed by atoms with Crippen LogP contribution in [0, 0.1) is 5.82 Å². The number of hydrogen-bond donors (Lipinski definition) is 0. The first-order chi connectivity index (χ1) is 8.16. The summed E-state index contributed by atoms with van der Waals surface area (Å²) in [6, 6.07) is 5.44. The van der Waals surface area contributed by atoms with E-state index in [-0.39, 0.29) is 5.82 Å². The third kappa shape index (κ3) is 3.49. The summed E-state index contributed by atoms with van der Waals surface area (Å²) < 4.78 is 12.9. The van der Waals surface area contributed by atoms with Crippen LogP contribution in [0.5, 0.6) is 0 Å². The number of halogens is 1. The highest BCUT2D eigenvalue weighted by Crippen LogP contribution is 2.30. The average Bonchev–Trinajstić information content (AvgIpc) is 2.81. The number of rotatable bonds is 2. The summed E-state index contributed by atoms with van der Waals surface area (Å²) in [6.07, 6.45) is 2.87. The maximum atomic E-state index is 12.9. The lowest BCUT2D eigenvalue weighted by Crippen LogP contribution is -1.79. The molecule has 0 saturated heterocycles. The molecule has 2 heterocycles. The molecule has 0 spiro atoms. The molecule has 2 rings (SSSR count). The predicted molar refractivity (Wildman–Crippen MR) is 73.6 cm³/mol. The number of aromatic nitrogens is 1. The molecular weight excluding hydrogens is 233 g/mol. The van der Waals surface area contributed by atoms with E-state index in [1.807, 2.05) is 32.9 Å². The van der Waals surface area contributed by atoms with Gasteiger partial charge in [0.2, 0.25) is 0 Å². The Bertz CT molecular complexity index is 502.